The zero-order valence-electron chi connectivity index (χ0n) is 13.8. The monoisotopic (exact) mass is 351 g/mol. The van der Waals surface area contributed by atoms with E-state index in [0.29, 0.717) is 11.6 Å². The smallest absolute Gasteiger partial charge is 0.255 e. The van der Waals surface area contributed by atoms with Gasteiger partial charge in [-0.2, -0.15) is 0 Å². The van der Waals surface area contributed by atoms with Crippen LogP contribution in [0.25, 0.3) is 11.1 Å². The van der Waals surface area contributed by atoms with Crippen LogP contribution < -0.4 is 5.32 Å². The molecule has 0 saturated carbocycles. The van der Waals surface area contributed by atoms with Gasteiger partial charge in [0.05, 0.1) is 5.56 Å². The number of phenols is 1. The second-order valence-corrected chi connectivity index (χ2v) is 6.35. The van der Waals surface area contributed by atoms with E-state index in [2.05, 4.69) is 30.4 Å². The Bertz CT molecular complexity index is 921. The van der Waals surface area contributed by atoms with E-state index in [0.717, 1.165) is 16.7 Å². The van der Waals surface area contributed by atoms with Crippen molar-refractivity contribution in [1.82, 2.24) is 5.32 Å². The first kappa shape index (κ1) is 17.1. The predicted octanol–water partition coefficient (Wildman–Crippen LogP) is 4.95. The average Bonchev–Trinajstić information content (AvgIpc) is 2.62. The van der Waals surface area contributed by atoms with E-state index in [1.165, 1.54) is 17.7 Å². The summed E-state index contributed by atoms with van der Waals surface area (Å²) >= 11 is 5.89. The quantitative estimate of drug-likeness (QED) is 0.698. The van der Waals surface area contributed by atoms with E-state index in [1.54, 1.807) is 6.07 Å². The van der Waals surface area contributed by atoms with E-state index < -0.39 is 0 Å². The van der Waals surface area contributed by atoms with Gasteiger partial charge < -0.3 is 10.4 Å². The summed E-state index contributed by atoms with van der Waals surface area (Å²) in [4.78, 5) is 12.3. The summed E-state index contributed by atoms with van der Waals surface area (Å²) in [6, 6.07) is 20.7. The zero-order chi connectivity index (χ0) is 17.8. The fourth-order valence-corrected chi connectivity index (χ4v) is 2.83. The highest BCUT2D eigenvalue weighted by molar-refractivity contribution is 6.31. The number of carbonyl (C=O) groups excluding carboxylic acids is 1. The third kappa shape index (κ3) is 4.20. The van der Waals surface area contributed by atoms with Crippen molar-refractivity contribution >= 4 is 17.5 Å². The number of aryl methyl sites for hydroxylation is 1. The van der Waals surface area contributed by atoms with E-state index in [4.69, 9.17) is 11.6 Å². The van der Waals surface area contributed by atoms with Crippen LogP contribution in [0.5, 0.6) is 5.75 Å². The number of hydrogen-bond donors (Lipinski definition) is 2. The Balaban J connectivity index is 1.74. The second kappa shape index (κ2) is 7.41. The number of amides is 1. The van der Waals surface area contributed by atoms with Gasteiger partial charge in [0.15, 0.2) is 0 Å². The normalized spacial score (nSPS) is 10.5. The zero-order valence-corrected chi connectivity index (χ0v) is 14.5. The minimum absolute atomic E-state index is 0.0876. The predicted molar refractivity (Wildman–Crippen MR) is 101 cm³/mol. The fraction of sp³-hybridized carbons (Fsp3) is 0.0952. The molecule has 4 heteroatoms. The molecular weight excluding hydrogens is 334 g/mol. The molecule has 0 aliphatic rings. The molecular formula is C21H18ClNO2. The number of nitrogens with one attached hydrogen (secondary N) is 1. The van der Waals surface area contributed by atoms with Crippen LogP contribution in [-0.4, -0.2) is 11.0 Å². The summed E-state index contributed by atoms with van der Waals surface area (Å²) in [6.07, 6.45) is 0. The van der Waals surface area contributed by atoms with Gasteiger partial charge in [-0.05, 0) is 47.9 Å². The maximum Gasteiger partial charge on any atom is 0.255 e. The van der Waals surface area contributed by atoms with Gasteiger partial charge >= 0.3 is 0 Å². The Hall–Kier alpha value is -2.78. The number of halogens is 1. The minimum Gasteiger partial charge on any atom is -0.507 e. The van der Waals surface area contributed by atoms with Gasteiger partial charge in [-0.15, -0.1) is 0 Å². The van der Waals surface area contributed by atoms with Crippen LogP contribution in [0.4, 0.5) is 0 Å². The second-order valence-electron chi connectivity index (χ2n) is 5.91. The van der Waals surface area contributed by atoms with Gasteiger partial charge in [-0.1, -0.05) is 59.6 Å². The van der Waals surface area contributed by atoms with Crippen LogP contribution >= 0.6 is 11.6 Å². The van der Waals surface area contributed by atoms with Crippen molar-refractivity contribution in [3.63, 3.8) is 0 Å². The van der Waals surface area contributed by atoms with Crippen molar-refractivity contribution in [3.8, 4) is 16.9 Å². The third-order valence-electron chi connectivity index (χ3n) is 3.93. The Morgan fingerprint density at radius 2 is 1.72 bits per heavy atom. The van der Waals surface area contributed by atoms with Crippen LogP contribution in [-0.2, 0) is 6.54 Å². The highest BCUT2D eigenvalue weighted by Crippen LogP contribution is 2.23. The molecule has 0 atom stereocenters. The number of phenolic OH excluding ortho intramolecular Hbond substituents is 1. The standard InChI is InChI=1S/C21H18ClNO2/c1-14-4-2-6-16(10-14)17-7-3-5-15(11-17)13-23-21(25)19-12-18(22)8-9-20(19)24/h2-12,24H,13H2,1H3,(H,23,25). The number of benzene rings is 3. The molecule has 3 rings (SSSR count). The molecule has 0 aliphatic carbocycles. The van der Waals surface area contributed by atoms with Gasteiger partial charge in [0, 0.05) is 11.6 Å². The molecule has 0 unspecified atom stereocenters. The third-order valence-corrected chi connectivity index (χ3v) is 4.17. The largest absolute Gasteiger partial charge is 0.507 e. The number of aromatic hydroxyl groups is 1. The molecule has 0 radical (unpaired) electrons. The Morgan fingerprint density at radius 3 is 2.48 bits per heavy atom. The summed E-state index contributed by atoms with van der Waals surface area (Å²) < 4.78 is 0. The first-order valence-electron chi connectivity index (χ1n) is 7.95. The summed E-state index contributed by atoms with van der Waals surface area (Å²) in [5.74, 6) is -0.448. The lowest BCUT2D eigenvalue weighted by molar-refractivity contribution is 0.0948. The molecule has 25 heavy (non-hydrogen) atoms. The van der Waals surface area contributed by atoms with Crippen molar-refractivity contribution in [1.29, 1.82) is 0 Å². The lowest BCUT2D eigenvalue weighted by Crippen LogP contribution is -2.22. The molecule has 0 saturated heterocycles. The Morgan fingerprint density at radius 1 is 1.00 bits per heavy atom. The minimum atomic E-state index is -0.360. The van der Waals surface area contributed by atoms with E-state index >= 15 is 0 Å². The molecule has 0 bridgehead atoms. The lowest BCUT2D eigenvalue weighted by atomic mass is 10.0. The topological polar surface area (TPSA) is 49.3 Å². The van der Waals surface area contributed by atoms with E-state index in [-0.39, 0.29) is 17.2 Å². The van der Waals surface area contributed by atoms with Gasteiger partial charge in [0.2, 0.25) is 0 Å². The Labute approximate surface area is 151 Å². The number of rotatable bonds is 4. The molecule has 0 spiro atoms. The summed E-state index contributed by atoms with van der Waals surface area (Å²) in [7, 11) is 0. The Kier molecular flexibility index (Phi) is 5.05. The van der Waals surface area contributed by atoms with Crippen LogP contribution in [0.3, 0.4) is 0 Å². The molecule has 3 nitrogen and oxygen atoms in total. The van der Waals surface area contributed by atoms with Gasteiger partial charge in [-0.25, -0.2) is 0 Å². The lowest BCUT2D eigenvalue weighted by Gasteiger charge is -2.09. The number of carbonyl (C=O) groups is 1. The SMILES string of the molecule is Cc1cccc(-c2cccc(CNC(=O)c3cc(Cl)ccc3O)c2)c1. The molecule has 3 aromatic carbocycles. The molecule has 1 amide bonds. The van der Waals surface area contributed by atoms with Gasteiger partial charge in [-0.3, -0.25) is 4.79 Å². The van der Waals surface area contributed by atoms with Crippen LogP contribution in [0.2, 0.25) is 5.02 Å². The van der Waals surface area contributed by atoms with Crippen LogP contribution in [0, 0.1) is 6.92 Å². The molecule has 0 heterocycles. The summed E-state index contributed by atoms with van der Waals surface area (Å²) in [5, 5.41) is 13.0. The maximum atomic E-state index is 12.3. The molecule has 0 aromatic heterocycles. The molecule has 0 fully saturated rings. The molecule has 0 aliphatic heterocycles. The van der Waals surface area contributed by atoms with E-state index in [9.17, 15) is 9.90 Å². The van der Waals surface area contributed by atoms with Crippen molar-refractivity contribution in [3.05, 3.63) is 88.4 Å². The van der Waals surface area contributed by atoms with Crippen molar-refractivity contribution in [2.45, 2.75) is 13.5 Å². The first-order valence-corrected chi connectivity index (χ1v) is 8.33. The highest BCUT2D eigenvalue weighted by Gasteiger charge is 2.11. The highest BCUT2D eigenvalue weighted by atomic mass is 35.5. The van der Waals surface area contributed by atoms with Gasteiger partial charge in [0.1, 0.15) is 5.75 Å². The van der Waals surface area contributed by atoms with Crippen molar-refractivity contribution in [2.75, 3.05) is 0 Å². The average molecular weight is 352 g/mol. The summed E-state index contributed by atoms with van der Waals surface area (Å²) in [6.45, 7) is 2.43. The van der Waals surface area contributed by atoms with Crippen molar-refractivity contribution in [2.24, 2.45) is 0 Å². The maximum absolute atomic E-state index is 12.3. The van der Waals surface area contributed by atoms with Crippen molar-refractivity contribution < 1.29 is 9.90 Å². The molecule has 126 valence electrons. The molecule has 3 aromatic rings. The van der Waals surface area contributed by atoms with E-state index in [1.807, 2.05) is 30.3 Å². The van der Waals surface area contributed by atoms with Gasteiger partial charge in [0.25, 0.3) is 5.91 Å². The first-order chi connectivity index (χ1) is 12.0. The fourth-order valence-electron chi connectivity index (χ4n) is 2.65. The summed E-state index contributed by atoms with van der Waals surface area (Å²) in [5.41, 5.74) is 4.59. The van der Waals surface area contributed by atoms with Crippen LogP contribution in [0.1, 0.15) is 21.5 Å². The molecule has 2 N–H and O–H groups in total. The van der Waals surface area contributed by atoms with Crippen LogP contribution in [0.15, 0.2) is 66.7 Å². The number of hydrogen-bond acceptors (Lipinski definition) is 2.